The van der Waals surface area contributed by atoms with E-state index < -0.39 is 5.60 Å². The molecule has 1 nitrogen and oxygen atoms in total. The van der Waals surface area contributed by atoms with Crippen LogP contribution in [0.2, 0.25) is 0 Å². The van der Waals surface area contributed by atoms with Gasteiger partial charge in [-0.3, -0.25) is 0 Å². The van der Waals surface area contributed by atoms with E-state index in [-0.39, 0.29) is 0 Å². The second-order valence-electron chi connectivity index (χ2n) is 9.16. The fraction of sp³-hybridized carbons (Fsp3) is 0.900. The molecule has 0 heterocycles. The number of hydrogen-bond donors (Lipinski definition) is 1. The molecule has 21 heavy (non-hydrogen) atoms. The predicted octanol–water partition coefficient (Wildman–Crippen LogP) is 5.58. The smallest absolute Gasteiger partial charge is 0.0797 e. The highest BCUT2D eigenvalue weighted by atomic mass is 16.3. The summed E-state index contributed by atoms with van der Waals surface area (Å²) in [6, 6.07) is 0. The fourth-order valence-corrected chi connectivity index (χ4v) is 5.78. The largest absolute Gasteiger partial charge is 0.386 e. The van der Waals surface area contributed by atoms with Gasteiger partial charge in [-0.05, 0) is 67.6 Å². The summed E-state index contributed by atoms with van der Waals surface area (Å²) in [5, 5.41) is 10.3. The van der Waals surface area contributed by atoms with Crippen LogP contribution in [0.4, 0.5) is 0 Å². The van der Waals surface area contributed by atoms with E-state index >= 15 is 0 Å². The Morgan fingerprint density at radius 2 is 1.90 bits per heavy atom. The van der Waals surface area contributed by atoms with Gasteiger partial charge in [-0.1, -0.05) is 46.6 Å². The van der Waals surface area contributed by atoms with E-state index in [1.165, 1.54) is 32.1 Å². The molecule has 2 saturated carbocycles. The summed E-state index contributed by atoms with van der Waals surface area (Å²) < 4.78 is 0. The van der Waals surface area contributed by atoms with Gasteiger partial charge in [-0.2, -0.15) is 0 Å². The summed E-state index contributed by atoms with van der Waals surface area (Å²) in [7, 11) is 0. The average molecular weight is 293 g/mol. The van der Waals surface area contributed by atoms with Gasteiger partial charge in [0.1, 0.15) is 0 Å². The molecule has 0 aromatic heterocycles. The highest BCUT2D eigenvalue weighted by Crippen LogP contribution is 2.62. The van der Waals surface area contributed by atoms with Crippen molar-refractivity contribution in [3.8, 4) is 0 Å². The quantitative estimate of drug-likeness (QED) is 0.670. The molecule has 0 aliphatic heterocycles. The second kappa shape index (κ2) is 5.72. The van der Waals surface area contributed by atoms with Gasteiger partial charge in [0.2, 0.25) is 0 Å². The predicted molar refractivity (Wildman–Crippen MR) is 91.2 cm³/mol. The van der Waals surface area contributed by atoms with Crippen molar-refractivity contribution >= 4 is 0 Å². The van der Waals surface area contributed by atoms with Crippen molar-refractivity contribution < 1.29 is 5.11 Å². The normalized spacial score (nSPS) is 41.9. The lowest BCUT2D eigenvalue weighted by molar-refractivity contribution is -0.0999. The first-order chi connectivity index (χ1) is 9.62. The molecule has 0 bridgehead atoms. The van der Waals surface area contributed by atoms with Crippen molar-refractivity contribution in [2.45, 2.75) is 85.2 Å². The zero-order valence-corrected chi connectivity index (χ0v) is 14.9. The number of fused-ring (bicyclic) bond motifs is 1. The molecule has 0 radical (unpaired) electrons. The van der Waals surface area contributed by atoms with E-state index in [1.54, 1.807) is 6.08 Å². The van der Waals surface area contributed by atoms with Crippen LogP contribution in [0, 0.1) is 28.6 Å². The maximum Gasteiger partial charge on any atom is 0.0797 e. The van der Waals surface area contributed by atoms with Crippen molar-refractivity contribution in [2.24, 2.45) is 28.6 Å². The molecule has 1 N–H and O–H groups in total. The minimum Gasteiger partial charge on any atom is -0.386 e. The van der Waals surface area contributed by atoms with Gasteiger partial charge in [0.05, 0.1) is 5.60 Å². The Balaban J connectivity index is 2.19. The molecule has 0 saturated heterocycles. The van der Waals surface area contributed by atoms with Crippen molar-refractivity contribution in [2.75, 3.05) is 0 Å². The van der Waals surface area contributed by atoms with Crippen LogP contribution in [0.15, 0.2) is 12.7 Å². The SMILES string of the molecule is C=CC(C)(O)CCC1C(C)CCC2C(C)(C)CCCC12C. The molecule has 5 atom stereocenters. The molecule has 2 fully saturated rings. The zero-order chi connectivity index (χ0) is 15.9. The minimum atomic E-state index is -0.701. The highest BCUT2D eigenvalue weighted by Gasteiger charge is 2.53. The van der Waals surface area contributed by atoms with Crippen molar-refractivity contribution in [3.05, 3.63) is 12.7 Å². The molecule has 0 aromatic carbocycles. The van der Waals surface area contributed by atoms with Gasteiger partial charge < -0.3 is 5.11 Å². The summed E-state index contributed by atoms with van der Waals surface area (Å²) in [5.41, 5.74) is 0.260. The van der Waals surface area contributed by atoms with Crippen LogP contribution < -0.4 is 0 Å². The molecule has 1 heteroatoms. The molecule has 2 aliphatic rings. The summed E-state index contributed by atoms with van der Waals surface area (Å²) in [4.78, 5) is 0. The van der Waals surface area contributed by atoms with Crippen molar-refractivity contribution in [1.29, 1.82) is 0 Å². The highest BCUT2D eigenvalue weighted by molar-refractivity contribution is 5.03. The van der Waals surface area contributed by atoms with Crippen LogP contribution in [0.1, 0.15) is 79.6 Å². The molecular weight excluding hydrogens is 256 g/mol. The third-order valence-electron chi connectivity index (χ3n) is 7.12. The first kappa shape index (κ1) is 17.1. The van der Waals surface area contributed by atoms with Crippen LogP contribution in [-0.4, -0.2) is 10.7 Å². The van der Waals surface area contributed by atoms with Gasteiger partial charge in [0.15, 0.2) is 0 Å². The fourth-order valence-electron chi connectivity index (χ4n) is 5.78. The van der Waals surface area contributed by atoms with Crippen molar-refractivity contribution in [1.82, 2.24) is 0 Å². The molecule has 0 spiro atoms. The Morgan fingerprint density at radius 3 is 2.52 bits per heavy atom. The molecule has 2 aliphatic carbocycles. The zero-order valence-electron chi connectivity index (χ0n) is 14.9. The van der Waals surface area contributed by atoms with Crippen LogP contribution >= 0.6 is 0 Å². The molecule has 0 aromatic rings. The lowest BCUT2D eigenvalue weighted by Gasteiger charge is -2.59. The first-order valence-electron chi connectivity index (χ1n) is 8.98. The maximum atomic E-state index is 10.3. The van der Waals surface area contributed by atoms with Gasteiger partial charge in [-0.15, -0.1) is 6.58 Å². The van der Waals surface area contributed by atoms with E-state index in [0.717, 1.165) is 30.6 Å². The lowest BCUT2D eigenvalue weighted by Crippen LogP contribution is -2.51. The Morgan fingerprint density at radius 1 is 1.24 bits per heavy atom. The summed E-state index contributed by atoms with van der Waals surface area (Å²) in [6.45, 7) is 15.7. The molecule has 5 unspecified atom stereocenters. The van der Waals surface area contributed by atoms with Gasteiger partial charge >= 0.3 is 0 Å². The van der Waals surface area contributed by atoms with E-state index in [0.29, 0.717) is 10.8 Å². The van der Waals surface area contributed by atoms with Crippen molar-refractivity contribution in [3.63, 3.8) is 0 Å². The molecule has 122 valence electrons. The van der Waals surface area contributed by atoms with E-state index in [9.17, 15) is 5.11 Å². The number of aliphatic hydroxyl groups is 1. The number of rotatable bonds is 4. The second-order valence-corrected chi connectivity index (χ2v) is 9.16. The lowest BCUT2D eigenvalue weighted by atomic mass is 9.46. The van der Waals surface area contributed by atoms with Crippen LogP contribution in [0.5, 0.6) is 0 Å². The summed E-state index contributed by atoms with van der Waals surface area (Å²) in [5.74, 6) is 2.40. The van der Waals surface area contributed by atoms with Crippen LogP contribution in [0.3, 0.4) is 0 Å². The minimum absolute atomic E-state index is 0.469. The maximum absolute atomic E-state index is 10.3. The molecule has 0 amide bonds. The third-order valence-corrected chi connectivity index (χ3v) is 7.12. The van der Waals surface area contributed by atoms with E-state index in [4.69, 9.17) is 0 Å². The Bertz CT molecular complexity index is 381. The topological polar surface area (TPSA) is 20.2 Å². The Kier molecular flexibility index (Phi) is 4.65. The first-order valence-corrected chi connectivity index (χ1v) is 8.98. The monoisotopic (exact) mass is 292 g/mol. The number of hydrogen-bond acceptors (Lipinski definition) is 1. The van der Waals surface area contributed by atoms with E-state index in [2.05, 4.69) is 34.3 Å². The Hall–Kier alpha value is -0.300. The summed E-state index contributed by atoms with van der Waals surface area (Å²) in [6.07, 6.45) is 10.6. The van der Waals surface area contributed by atoms with Gasteiger partial charge in [-0.25, -0.2) is 0 Å². The van der Waals surface area contributed by atoms with Crippen LogP contribution in [-0.2, 0) is 0 Å². The van der Waals surface area contributed by atoms with Crippen LogP contribution in [0.25, 0.3) is 0 Å². The standard InChI is InChI=1S/C20H36O/c1-7-19(5,21)14-11-16-15(2)9-10-17-18(3,4)12-8-13-20(16,17)6/h7,15-17,21H,1,8-14H2,2-6H3. The van der Waals surface area contributed by atoms with Gasteiger partial charge in [0.25, 0.3) is 0 Å². The molecule has 2 rings (SSSR count). The molecular formula is C20H36O. The summed E-state index contributed by atoms with van der Waals surface area (Å²) >= 11 is 0. The van der Waals surface area contributed by atoms with E-state index in [1.807, 2.05) is 6.92 Å². The Labute approximate surface area is 132 Å². The average Bonchev–Trinajstić information content (AvgIpc) is 2.36. The third kappa shape index (κ3) is 3.23. The van der Waals surface area contributed by atoms with Gasteiger partial charge in [0, 0.05) is 0 Å².